The Balaban J connectivity index is 1.27. The first-order valence-electron chi connectivity index (χ1n) is 22.9. The number of ether oxygens (including phenoxy) is 2. The van der Waals surface area contributed by atoms with Crippen LogP contribution in [0.4, 0.5) is 0 Å². The fraction of sp³-hybridized carbons (Fsp3) is 0.300. The van der Waals surface area contributed by atoms with Crippen molar-refractivity contribution in [3.05, 3.63) is 197 Å². The highest BCUT2D eigenvalue weighted by Crippen LogP contribution is 2.45. The van der Waals surface area contributed by atoms with Gasteiger partial charge in [0, 0.05) is 18.4 Å². The molecule has 0 fully saturated rings. The van der Waals surface area contributed by atoms with E-state index in [1.165, 1.54) is 22.3 Å². The maximum Gasteiger partial charge on any atom is 0.196 e. The van der Waals surface area contributed by atoms with Gasteiger partial charge in [-0.25, -0.2) is 0 Å². The van der Waals surface area contributed by atoms with Crippen molar-refractivity contribution in [3.63, 3.8) is 0 Å². The van der Waals surface area contributed by atoms with E-state index in [2.05, 4.69) is 139 Å². The van der Waals surface area contributed by atoms with E-state index in [9.17, 15) is 15.3 Å². The summed E-state index contributed by atoms with van der Waals surface area (Å²) < 4.78 is 12.1. The molecule has 7 aromatic rings. The van der Waals surface area contributed by atoms with Crippen LogP contribution in [0.25, 0.3) is 22.3 Å². The van der Waals surface area contributed by atoms with Gasteiger partial charge >= 0.3 is 0 Å². The minimum absolute atomic E-state index is 0.0807. The Morgan fingerprint density at radius 1 is 0.400 bits per heavy atom. The van der Waals surface area contributed by atoms with Crippen molar-refractivity contribution in [2.45, 2.75) is 115 Å². The molecule has 3 N–H and O–H groups in total. The molecule has 2 unspecified atom stereocenters. The second-order valence-corrected chi connectivity index (χ2v) is 18.3. The summed E-state index contributed by atoms with van der Waals surface area (Å²) in [4.78, 5) is 0. The zero-order valence-electron chi connectivity index (χ0n) is 40.8. The molecule has 336 valence electrons. The van der Waals surface area contributed by atoms with Crippen LogP contribution in [-0.4, -0.2) is 28.2 Å². The summed E-state index contributed by atoms with van der Waals surface area (Å²) in [5, 5.41) is 32.7. The van der Waals surface area contributed by atoms with Crippen LogP contribution < -0.4 is 4.74 Å². The molecule has 5 heteroatoms. The molecule has 7 rings (SSSR count). The molecule has 65 heavy (non-hydrogen) atoms. The average molecular weight is 867 g/mol. The first-order valence-corrected chi connectivity index (χ1v) is 22.9. The van der Waals surface area contributed by atoms with E-state index < -0.39 is 0 Å². The van der Waals surface area contributed by atoms with Gasteiger partial charge in [0.2, 0.25) is 0 Å². The minimum atomic E-state index is -0.356. The Morgan fingerprint density at radius 2 is 0.738 bits per heavy atom. The normalized spacial score (nSPS) is 12.5. The van der Waals surface area contributed by atoms with Crippen LogP contribution in [-0.2, 0) is 4.74 Å². The molecule has 7 aromatic carbocycles. The van der Waals surface area contributed by atoms with E-state index >= 15 is 0 Å². The molecule has 2 atom stereocenters. The Morgan fingerprint density at radius 3 is 1.09 bits per heavy atom. The molecule has 0 radical (unpaired) electrons. The van der Waals surface area contributed by atoms with Gasteiger partial charge in [0.05, 0.1) is 0 Å². The average Bonchev–Trinajstić information content (AvgIpc) is 3.30. The predicted octanol–water partition coefficient (Wildman–Crippen LogP) is 15.0. The molecule has 0 saturated heterocycles. The highest BCUT2D eigenvalue weighted by Gasteiger charge is 2.28. The van der Waals surface area contributed by atoms with Gasteiger partial charge in [-0.1, -0.05) is 91.0 Å². The van der Waals surface area contributed by atoms with Gasteiger partial charge in [-0.2, -0.15) is 0 Å². The highest BCUT2D eigenvalue weighted by molar-refractivity contribution is 5.74. The topological polar surface area (TPSA) is 79.2 Å². The largest absolute Gasteiger partial charge is 0.507 e. The predicted molar refractivity (Wildman–Crippen MR) is 269 cm³/mol. The second-order valence-electron chi connectivity index (χ2n) is 18.3. The van der Waals surface area contributed by atoms with Crippen LogP contribution >= 0.6 is 0 Å². The van der Waals surface area contributed by atoms with Gasteiger partial charge in [-0.05, 0) is 225 Å². The number of aromatic hydroxyl groups is 3. The van der Waals surface area contributed by atoms with Crippen LogP contribution in [0.1, 0.15) is 126 Å². The van der Waals surface area contributed by atoms with Crippen LogP contribution in [0.5, 0.6) is 23.0 Å². The first kappa shape index (κ1) is 46.7. The third-order valence-corrected chi connectivity index (χ3v) is 14.3. The van der Waals surface area contributed by atoms with E-state index in [0.717, 1.165) is 106 Å². The Bertz CT molecular complexity index is 2860. The third kappa shape index (κ3) is 8.79. The van der Waals surface area contributed by atoms with E-state index in [0.29, 0.717) is 23.9 Å². The van der Waals surface area contributed by atoms with Crippen molar-refractivity contribution >= 4 is 0 Å². The summed E-state index contributed by atoms with van der Waals surface area (Å²) in [5.41, 5.74) is 23.3. The summed E-state index contributed by atoms with van der Waals surface area (Å²) in [6, 6.07) is 35.3. The number of hydrogen-bond acceptors (Lipinski definition) is 5. The third-order valence-electron chi connectivity index (χ3n) is 14.3. The van der Waals surface area contributed by atoms with E-state index in [-0.39, 0.29) is 18.1 Å². The first-order chi connectivity index (χ1) is 30.8. The SMILES string of the molecule is CCOC(C)Oc1c(C)cc(C(c2ccc(-c3cccc(-c4ccc(C(c5cc(C)c(O)c(C)c5C)c5cc(C)c(O)c(C)c5C)cc4)c3)cc2)c2cc(C)c(O)c(C)c2C)c(C)c1C. The zero-order chi connectivity index (χ0) is 47.2. The van der Waals surface area contributed by atoms with Crippen LogP contribution in [0, 0.1) is 83.1 Å². The maximum absolute atomic E-state index is 11.0. The Hall–Kier alpha value is -6.30. The lowest BCUT2D eigenvalue weighted by molar-refractivity contribution is -0.0620. The molecule has 0 aliphatic heterocycles. The van der Waals surface area contributed by atoms with Gasteiger partial charge in [0.25, 0.3) is 0 Å². The monoisotopic (exact) mass is 866 g/mol. The number of phenolic OH excluding ortho intramolecular Hbond substituents is 3. The minimum Gasteiger partial charge on any atom is -0.507 e. The second kappa shape index (κ2) is 18.7. The van der Waals surface area contributed by atoms with Gasteiger partial charge in [0.1, 0.15) is 23.0 Å². The van der Waals surface area contributed by atoms with Crippen LogP contribution in [0.15, 0.2) is 97.1 Å². The molecular formula is C60H66O5. The molecule has 0 aliphatic rings. The van der Waals surface area contributed by atoms with Crippen molar-refractivity contribution in [2.75, 3.05) is 6.61 Å². The number of hydrogen-bond donors (Lipinski definition) is 3. The van der Waals surface area contributed by atoms with E-state index in [1.807, 2.05) is 55.4 Å². The lowest BCUT2D eigenvalue weighted by Gasteiger charge is -2.28. The van der Waals surface area contributed by atoms with Crippen molar-refractivity contribution < 1.29 is 24.8 Å². The molecule has 0 aromatic heterocycles. The number of aryl methyl sites for hydroxylation is 4. The number of rotatable bonds is 12. The van der Waals surface area contributed by atoms with E-state index in [4.69, 9.17) is 9.47 Å². The maximum atomic E-state index is 11.0. The van der Waals surface area contributed by atoms with Gasteiger partial charge in [0.15, 0.2) is 6.29 Å². The zero-order valence-corrected chi connectivity index (χ0v) is 40.8. The molecule has 0 amide bonds. The summed E-state index contributed by atoms with van der Waals surface area (Å²) >= 11 is 0. The molecule has 0 bridgehead atoms. The van der Waals surface area contributed by atoms with Crippen molar-refractivity contribution in [3.8, 4) is 45.3 Å². The van der Waals surface area contributed by atoms with Crippen molar-refractivity contribution in [1.82, 2.24) is 0 Å². The summed E-state index contributed by atoms with van der Waals surface area (Å²) in [5.74, 6) is 1.71. The van der Waals surface area contributed by atoms with Crippen LogP contribution in [0.3, 0.4) is 0 Å². The molecule has 0 spiro atoms. The summed E-state index contributed by atoms with van der Waals surface area (Å²) in [7, 11) is 0. The fourth-order valence-corrected chi connectivity index (χ4v) is 9.87. The Labute approximate surface area is 387 Å². The Kier molecular flexibility index (Phi) is 13.4. The summed E-state index contributed by atoms with van der Waals surface area (Å²) in [6.45, 7) is 29.1. The van der Waals surface area contributed by atoms with Crippen LogP contribution in [0.2, 0.25) is 0 Å². The quantitative estimate of drug-likeness (QED) is 0.0842. The van der Waals surface area contributed by atoms with Crippen molar-refractivity contribution in [2.24, 2.45) is 0 Å². The van der Waals surface area contributed by atoms with Crippen molar-refractivity contribution in [1.29, 1.82) is 0 Å². The van der Waals surface area contributed by atoms with Gasteiger partial charge < -0.3 is 24.8 Å². The lowest BCUT2D eigenvalue weighted by atomic mass is 9.78. The standard InChI is InChI=1S/C60H66O5/c1-15-64-44(14)65-60-35(5)30-54(39(9)43(60)13)56(53-29-34(4)59(63)42(12)38(53)8)48-25-21-46(22-26-48)50-18-16-17-49(31-50)45-19-23-47(24-20-45)55(51-27-32(2)57(61)40(10)36(51)6)52-28-33(3)58(62)41(11)37(52)7/h16-31,44,55-56,61-63H,15H2,1-14H3. The smallest absolute Gasteiger partial charge is 0.196 e. The van der Waals surface area contributed by atoms with Gasteiger partial charge in [-0.3, -0.25) is 0 Å². The molecule has 0 aliphatic carbocycles. The molecule has 5 nitrogen and oxygen atoms in total. The summed E-state index contributed by atoms with van der Waals surface area (Å²) in [6.07, 6.45) is -0.356. The molecule has 0 saturated carbocycles. The van der Waals surface area contributed by atoms with Gasteiger partial charge in [-0.15, -0.1) is 0 Å². The number of benzene rings is 7. The molecule has 0 heterocycles. The lowest BCUT2D eigenvalue weighted by Crippen LogP contribution is -2.18. The highest BCUT2D eigenvalue weighted by atomic mass is 16.7. The van der Waals surface area contributed by atoms with E-state index in [1.54, 1.807) is 0 Å². The number of phenols is 3. The molecular weight excluding hydrogens is 801 g/mol. The fourth-order valence-electron chi connectivity index (χ4n) is 9.87.